The minimum atomic E-state index is -4.89. The molecule has 39 heavy (non-hydrogen) atoms. The van der Waals surface area contributed by atoms with Gasteiger partial charge in [0.2, 0.25) is 0 Å². The van der Waals surface area contributed by atoms with Gasteiger partial charge < -0.3 is 9.47 Å². The average molecular weight is 559 g/mol. The molecule has 0 radical (unpaired) electrons. The second-order valence-electron chi connectivity index (χ2n) is 9.62. The van der Waals surface area contributed by atoms with Crippen LogP contribution in [-0.2, 0) is 21.8 Å². The van der Waals surface area contributed by atoms with Gasteiger partial charge in [-0.2, -0.15) is 26.3 Å². The van der Waals surface area contributed by atoms with Crippen LogP contribution in [0.5, 0.6) is 0 Å². The van der Waals surface area contributed by atoms with Crippen molar-refractivity contribution in [3.05, 3.63) is 70.5 Å². The minimum Gasteiger partial charge on any atom is -0.349 e. The molecule has 4 rings (SSSR count). The van der Waals surface area contributed by atoms with E-state index in [1.165, 1.54) is 31.2 Å². The summed E-state index contributed by atoms with van der Waals surface area (Å²) in [5, 5.41) is 0. The van der Waals surface area contributed by atoms with Gasteiger partial charge >= 0.3 is 12.4 Å². The fourth-order valence-electron chi connectivity index (χ4n) is 4.88. The van der Waals surface area contributed by atoms with E-state index >= 15 is 0 Å². The quantitative estimate of drug-likeness (QED) is 0.301. The predicted molar refractivity (Wildman–Crippen MR) is 130 cm³/mol. The highest BCUT2D eigenvalue weighted by molar-refractivity contribution is 5.37. The van der Waals surface area contributed by atoms with Crippen LogP contribution < -0.4 is 0 Å². The Morgan fingerprint density at radius 2 is 1.59 bits per heavy atom. The van der Waals surface area contributed by atoms with Gasteiger partial charge in [0.15, 0.2) is 6.29 Å². The summed E-state index contributed by atoms with van der Waals surface area (Å²) in [7, 11) is 0. The van der Waals surface area contributed by atoms with E-state index in [1.54, 1.807) is 0 Å². The topological polar surface area (TPSA) is 24.9 Å². The lowest BCUT2D eigenvalue weighted by Gasteiger charge is -2.41. The monoisotopic (exact) mass is 558 g/mol. The molecule has 2 aromatic carbocycles. The summed E-state index contributed by atoms with van der Waals surface area (Å²) in [6, 6.07) is 6.14. The van der Waals surface area contributed by atoms with Crippen LogP contribution in [0.2, 0.25) is 0 Å². The molecule has 2 aliphatic rings. The van der Waals surface area contributed by atoms with Crippen molar-refractivity contribution < 1.29 is 40.2 Å². The zero-order chi connectivity index (χ0) is 28.2. The van der Waals surface area contributed by atoms with Crippen LogP contribution >= 0.6 is 0 Å². The lowest BCUT2D eigenvalue weighted by molar-refractivity contribution is -0.229. The van der Waals surface area contributed by atoms with Crippen molar-refractivity contribution >= 4 is 0 Å². The number of ether oxygens (including phenoxy) is 2. The second-order valence-corrected chi connectivity index (χ2v) is 9.62. The van der Waals surface area contributed by atoms with E-state index in [-0.39, 0.29) is 6.61 Å². The maximum Gasteiger partial charge on any atom is 0.416 e. The summed E-state index contributed by atoms with van der Waals surface area (Å²) in [6.45, 7) is 4.75. The van der Waals surface area contributed by atoms with Crippen LogP contribution in [0.1, 0.15) is 54.2 Å². The van der Waals surface area contributed by atoms with E-state index in [1.807, 2.05) is 4.90 Å². The van der Waals surface area contributed by atoms with Crippen molar-refractivity contribution in [3.63, 3.8) is 0 Å². The van der Waals surface area contributed by atoms with E-state index in [2.05, 4.69) is 16.7 Å². The zero-order valence-corrected chi connectivity index (χ0v) is 21.3. The van der Waals surface area contributed by atoms with E-state index < -0.39 is 53.3 Å². The number of nitrogens with zero attached hydrogens (tertiary/aromatic N) is 2. The van der Waals surface area contributed by atoms with Gasteiger partial charge in [0.25, 0.3) is 0 Å². The van der Waals surface area contributed by atoms with Crippen LogP contribution in [0, 0.1) is 17.7 Å². The second kappa shape index (κ2) is 12.3. The largest absolute Gasteiger partial charge is 0.416 e. The van der Waals surface area contributed by atoms with Crippen LogP contribution in [0.4, 0.5) is 30.7 Å². The van der Waals surface area contributed by atoms with Gasteiger partial charge in [0, 0.05) is 6.54 Å². The van der Waals surface area contributed by atoms with Crippen LogP contribution in [0.25, 0.3) is 0 Å². The molecule has 0 bridgehead atoms. The van der Waals surface area contributed by atoms with Gasteiger partial charge in [-0.1, -0.05) is 24.0 Å². The first-order chi connectivity index (χ1) is 18.4. The molecule has 0 spiro atoms. The number of benzene rings is 2. The van der Waals surface area contributed by atoms with E-state index in [9.17, 15) is 30.7 Å². The molecule has 0 aliphatic carbocycles. The highest BCUT2D eigenvalue weighted by atomic mass is 19.4. The molecule has 212 valence electrons. The van der Waals surface area contributed by atoms with Crippen molar-refractivity contribution in [2.75, 3.05) is 39.3 Å². The van der Waals surface area contributed by atoms with Gasteiger partial charge in [0.05, 0.1) is 43.0 Å². The molecule has 3 atom stereocenters. The molecule has 2 unspecified atom stereocenters. The number of morpholine rings is 1. The molecular weight excluding hydrogens is 529 g/mol. The average Bonchev–Trinajstić information content (AvgIpc) is 3.40. The first-order valence-electron chi connectivity index (χ1n) is 12.7. The number of halogens is 7. The van der Waals surface area contributed by atoms with Crippen LogP contribution in [-0.4, -0.2) is 55.4 Å². The van der Waals surface area contributed by atoms with Crippen LogP contribution in [0.15, 0.2) is 42.5 Å². The van der Waals surface area contributed by atoms with Crippen molar-refractivity contribution in [3.8, 4) is 11.8 Å². The number of hydrogen-bond donors (Lipinski definition) is 0. The fraction of sp³-hybridized carbons (Fsp3) is 0.500. The fourth-order valence-corrected chi connectivity index (χ4v) is 4.88. The Kier molecular flexibility index (Phi) is 9.21. The molecule has 2 fully saturated rings. The Morgan fingerprint density at radius 3 is 2.23 bits per heavy atom. The maximum atomic E-state index is 13.7. The third kappa shape index (κ3) is 7.51. The maximum absolute atomic E-state index is 13.7. The smallest absolute Gasteiger partial charge is 0.349 e. The predicted octanol–water partition coefficient (Wildman–Crippen LogP) is 6.44. The summed E-state index contributed by atoms with van der Waals surface area (Å²) in [5.41, 5.74) is -2.51. The number of likely N-dealkylation sites (tertiary alicyclic amines) is 1. The van der Waals surface area contributed by atoms with Gasteiger partial charge in [-0.05, 0) is 74.3 Å². The van der Waals surface area contributed by atoms with E-state index in [0.717, 1.165) is 25.9 Å². The summed E-state index contributed by atoms with van der Waals surface area (Å²) in [6.07, 6.45) is -10.00. The molecule has 2 saturated heterocycles. The summed E-state index contributed by atoms with van der Waals surface area (Å²) in [4.78, 5) is 4.16. The molecule has 4 nitrogen and oxygen atoms in total. The van der Waals surface area contributed by atoms with Crippen molar-refractivity contribution in [1.29, 1.82) is 0 Å². The number of hydrogen-bond acceptors (Lipinski definition) is 4. The van der Waals surface area contributed by atoms with Gasteiger partial charge in [0.1, 0.15) is 5.82 Å². The lowest BCUT2D eigenvalue weighted by atomic mass is 9.98. The standard InChI is InChI=1S/C28H29F7N2O2/c1-19(23-18-21(27(30,31)32)8-11-24(23)28(33,34)35)39-26-25(20-6-9-22(29)10-7-20)37(16-17-38-26)15-5-4-14-36-12-2-3-13-36/h6-11,18-19,25-26H,2-3,12-17H2,1H3/t19-,25?,26?/m1/s1. The summed E-state index contributed by atoms with van der Waals surface area (Å²) < 4.78 is 106. The molecule has 11 heteroatoms. The molecule has 0 amide bonds. The van der Waals surface area contributed by atoms with Crippen LogP contribution in [0.3, 0.4) is 0 Å². The third-order valence-electron chi connectivity index (χ3n) is 6.89. The molecule has 2 heterocycles. The lowest BCUT2D eigenvalue weighted by Crippen LogP contribution is -2.47. The van der Waals surface area contributed by atoms with E-state index in [4.69, 9.17) is 9.47 Å². The number of alkyl halides is 6. The molecule has 0 N–H and O–H groups in total. The Hall–Kier alpha value is -2.65. The Morgan fingerprint density at radius 1 is 0.923 bits per heavy atom. The van der Waals surface area contributed by atoms with Crippen molar-refractivity contribution in [1.82, 2.24) is 9.80 Å². The Labute approximate surface area is 222 Å². The molecule has 2 aromatic rings. The first-order valence-corrected chi connectivity index (χ1v) is 12.7. The molecule has 0 aromatic heterocycles. The zero-order valence-electron chi connectivity index (χ0n) is 21.3. The molecular formula is C28H29F7N2O2. The van der Waals surface area contributed by atoms with Gasteiger partial charge in [-0.3, -0.25) is 9.80 Å². The Balaban J connectivity index is 1.60. The normalized spacial score (nSPS) is 21.9. The molecule has 0 saturated carbocycles. The van der Waals surface area contributed by atoms with Gasteiger partial charge in [-0.25, -0.2) is 4.39 Å². The first kappa shape index (κ1) is 29.3. The van der Waals surface area contributed by atoms with Crippen molar-refractivity contribution in [2.45, 2.75) is 50.6 Å². The minimum absolute atomic E-state index is 0.164. The Bertz CT molecular complexity index is 1170. The molecule has 2 aliphatic heterocycles. The van der Waals surface area contributed by atoms with Crippen molar-refractivity contribution in [2.24, 2.45) is 0 Å². The SMILES string of the molecule is C[C@@H](OC1OCCN(CC#CCN2CCCC2)C1c1ccc(F)cc1)c1cc(C(F)(F)F)ccc1C(F)(F)F. The highest BCUT2D eigenvalue weighted by Crippen LogP contribution is 2.41. The van der Waals surface area contributed by atoms with E-state index in [0.29, 0.717) is 43.4 Å². The van der Waals surface area contributed by atoms with Gasteiger partial charge in [-0.15, -0.1) is 0 Å². The number of rotatable bonds is 6. The summed E-state index contributed by atoms with van der Waals surface area (Å²) >= 11 is 0. The summed E-state index contributed by atoms with van der Waals surface area (Å²) in [5.74, 6) is 5.79. The highest BCUT2D eigenvalue weighted by Gasteiger charge is 2.40. The third-order valence-corrected chi connectivity index (χ3v) is 6.89.